The molecule has 0 aliphatic carbocycles. The number of aryl methyl sites for hydroxylation is 1. The van der Waals surface area contributed by atoms with Gasteiger partial charge in [-0.05, 0) is 42.3 Å². The number of hydrogen-bond donors (Lipinski definition) is 0. The second-order valence-electron chi connectivity index (χ2n) is 8.94. The van der Waals surface area contributed by atoms with Crippen LogP contribution < -0.4 is 0 Å². The average molecular weight is 470 g/mol. The highest BCUT2D eigenvalue weighted by atomic mass is 32.2. The van der Waals surface area contributed by atoms with Crippen LogP contribution in [0.2, 0.25) is 25.7 Å². The molecular weight excluding hydrogens is 442 g/mol. The molecule has 0 N–H and O–H groups in total. The van der Waals surface area contributed by atoms with Crippen molar-refractivity contribution in [2.24, 2.45) is 0 Å². The molecule has 3 aromatic rings. The van der Waals surface area contributed by atoms with Gasteiger partial charge in [0.25, 0.3) is 0 Å². The molecule has 0 bridgehead atoms. The van der Waals surface area contributed by atoms with Gasteiger partial charge in [0.15, 0.2) is 15.5 Å². The van der Waals surface area contributed by atoms with Crippen LogP contribution in [0.3, 0.4) is 0 Å². The first-order chi connectivity index (χ1) is 15.0. The van der Waals surface area contributed by atoms with E-state index in [1.54, 1.807) is 34.8 Å². The molecule has 1 aromatic carbocycles. The minimum absolute atomic E-state index is 0.182. The molecule has 0 saturated carbocycles. The summed E-state index contributed by atoms with van der Waals surface area (Å²) in [7, 11) is -5.32. The van der Waals surface area contributed by atoms with Crippen LogP contribution in [0, 0.1) is 11.3 Å². The normalized spacial score (nSPS) is 12.0. The number of benzene rings is 1. The lowest BCUT2D eigenvalue weighted by atomic mass is 10.0. The molecule has 168 valence electrons. The number of rotatable bonds is 7. The highest BCUT2D eigenvalue weighted by Crippen LogP contribution is 2.35. The zero-order valence-corrected chi connectivity index (χ0v) is 20.8. The lowest BCUT2D eigenvalue weighted by Gasteiger charge is -2.17. The molecule has 2 aromatic heterocycles. The quantitative estimate of drug-likeness (QED) is 0.377. The Hall–Kier alpha value is -2.96. The summed E-state index contributed by atoms with van der Waals surface area (Å²) < 4.78 is 33.0. The smallest absolute Gasteiger partial charge is 0.360 e. The maximum atomic E-state index is 13.1. The van der Waals surface area contributed by atoms with E-state index in [0.29, 0.717) is 28.6 Å². The van der Waals surface area contributed by atoms with Gasteiger partial charge in [0.2, 0.25) is 0 Å². The van der Waals surface area contributed by atoms with Crippen LogP contribution in [0.4, 0.5) is 0 Å². The Kier molecular flexibility index (Phi) is 6.58. The van der Waals surface area contributed by atoms with Gasteiger partial charge in [-0.1, -0.05) is 38.7 Å². The van der Waals surface area contributed by atoms with Crippen LogP contribution in [0.5, 0.6) is 0 Å². The van der Waals surface area contributed by atoms with Crippen LogP contribution in [-0.4, -0.2) is 44.9 Å². The van der Waals surface area contributed by atoms with Gasteiger partial charge in [-0.25, -0.2) is 17.7 Å². The van der Waals surface area contributed by atoms with E-state index in [9.17, 15) is 18.5 Å². The number of aromatic nitrogens is 2. The van der Waals surface area contributed by atoms with Crippen molar-refractivity contribution < 1.29 is 17.9 Å². The molecule has 0 fully saturated rings. The summed E-state index contributed by atoms with van der Waals surface area (Å²) in [5.41, 5.74) is 2.40. The van der Waals surface area contributed by atoms with E-state index in [4.69, 9.17) is 4.74 Å². The summed E-state index contributed by atoms with van der Waals surface area (Å²) in [6.07, 6.45) is 1.70. The highest BCUT2D eigenvalue weighted by molar-refractivity contribution is 7.91. The summed E-state index contributed by atoms with van der Waals surface area (Å²) in [6.45, 7) is 8.67. The third-order valence-electron chi connectivity index (χ3n) is 5.12. The summed E-state index contributed by atoms with van der Waals surface area (Å²) in [5, 5.41) is 13.8. The first kappa shape index (κ1) is 23.7. The standard InChI is InChI=1S/C23H27N3O4SSi/c1-6-18-10-11-19-20(17-9-7-8-16(14-17)15-24)22(31(2,28)29)21(25-26(18)19)23(27)30-12-13-32(3,4)5/h7-11,14H,6,12-13H2,1-5H3. The van der Waals surface area contributed by atoms with Crippen LogP contribution in [0.1, 0.15) is 28.7 Å². The van der Waals surface area contributed by atoms with Gasteiger partial charge in [-0.2, -0.15) is 10.4 Å². The molecule has 0 unspecified atom stereocenters. The molecule has 2 heterocycles. The summed E-state index contributed by atoms with van der Waals surface area (Å²) >= 11 is 0. The van der Waals surface area contributed by atoms with E-state index in [1.165, 1.54) is 0 Å². The Labute approximate surface area is 189 Å². The molecule has 9 heteroatoms. The van der Waals surface area contributed by atoms with Gasteiger partial charge < -0.3 is 4.74 Å². The Morgan fingerprint density at radius 3 is 2.53 bits per heavy atom. The maximum absolute atomic E-state index is 13.1. The largest absolute Gasteiger partial charge is 0.461 e. The molecule has 0 atom stereocenters. The number of fused-ring (bicyclic) bond motifs is 1. The third kappa shape index (κ3) is 4.92. The van der Waals surface area contributed by atoms with Crippen molar-refractivity contribution in [2.45, 2.75) is 43.9 Å². The molecule has 32 heavy (non-hydrogen) atoms. The Morgan fingerprint density at radius 1 is 1.22 bits per heavy atom. The predicted molar refractivity (Wildman–Crippen MR) is 126 cm³/mol. The lowest BCUT2D eigenvalue weighted by molar-refractivity contribution is 0.0511. The zero-order chi connectivity index (χ0) is 23.7. The van der Waals surface area contributed by atoms with Crippen molar-refractivity contribution in [3.8, 4) is 17.2 Å². The molecule has 0 saturated heterocycles. The van der Waals surface area contributed by atoms with Crippen molar-refractivity contribution in [3.63, 3.8) is 0 Å². The minimum atomic E-state index is -3.87. The Bertz CT molecular complexity index is 1330. The molecule has 3 rings (SSSR count). The van der Waals surface area contributed by atoms with Gasteiger partial charge in [0.1, 0.15) is 4.90 Å². The number of esters is 1. The van der Waals surface area contributed by atoms with Crippen molar-refractivity contribution in [1.29, 1.82) is 5.26 Å². The van der Waals surface area contributed by atoms with E-state index in [-0.39, 0.29) is 17.2 Å². The van der Waals surface area contributed by atoms with Crippen LogP contribution in [-0.2, 0) is 21.0 Å². The second kappa shape index (κ2) is 8.88. The van der Waals surface area contributed by atoms with Crippen LogP contribution in [0.15, 0.2) is 41.3 Å². The number of hydrogen-bond acceptors (Lipinski definition) is 6. The van der Waals surface area contributed by atoms with Crippen LogP contribution in [0.25, 0.3) is 16.6 Å². The van der Waals surface area contributed by atoms with E-state index in [0.717, 1.165) is 18.0 Å². The maximum Gasteiger partial charge on any atom is 0.360 e. The van der Waals surface area contributed by atoms with E-state index in [1.807, 2.05) is 13.0 Å². The summed E-state index contributed by atoms with van der Waals surface area (Å²) in [6, 6.07) is 13.1. The van der Waals surface area contributed by atoms with E-state index >= 15 is 0 Å². The number of carbonyl (C=O) groups is 1. The van der Waals surface area contributed by atoms with Crippen LogP contribution >= 0.6 is 0 Å². The number of sulfone groups is 1. The van der Waals surface area contributed by atoms with Crippen molar-refractivity contribution >= 4 is 29.4 Å². The molecule has 0 spiro atoms. The summed E-state index contributed by atoms with van der Waals surface area (Å²) in [4.78, 5) is 12.9. The lowest BCUT2D eigenvalue weighted by Crippen LogP contribution is -2.24. The fourth-order valence-electron chi connectivity index (χ4n) is 3.46. The monoisotopic (exact) mass is 469 g/mol. The fraction of sp³-hybridized carbons (Fsp3) is 0.348. The first-order valence-electron chi connectivity index (χ1n) is 10.4. The molecule has 0 aliphatic rings. The SMILES string of the molecule is CCc1ccc2c(-c3cccc(C#N)c3)c(S(C)(=O)=O)c(C(=O)OCC[Si](C)(C)C)nn12. The van der Waals surface area contributed by atoms with Gasteiger partial charge in [-0.15, -0.1) is 0 Å². The third-order valence-corrected chi connectivity index (χ3v) is 7.97. The van der Waals surface area contributed by atoms with Gasteiger partial charge >= 0.3 is 5.97 Å². The predicted octanol–water partition coefficient (Wildman–Crippen LogP) is 4.33. The fourth-order valence-corrected chi connectivity index (χ4v) is 5.25. The van der Waals surface area contributed by atoms with E-state index in [2.05, 4.69) is 30.8 Å². The minimum Gasteiger partial charge on any atom is -0.461 e. The molecule has 7 nitrogen and oxygen atoms in total. The Balaban J connectivity index is 2.32. The second-order valence-corrected chi connectivity index (χ2v) is 16.5. The number of nitrogens with zero attached hydrogens (tertiary/aromatic N) is 3. The highest BCUT2D eigenvalue weighted by Gasteiger charge is 2.30. The van der Waals surface area contributed by atoms with Gasteiger partial charge in [-0.3, -0.25) is 0 Å². The zero-order valence-electron chi connectivity index (χ0n) is 19.0. The van der Waals surface area contributed by atoms with Crippen molar-refractivity contribution in [1.82, 2.24) is 9.61 Å². The van der Waals surface area contributed by atoms with Gasteiger partial charge in [0.05, 0.1) is 23.8 Å². The number of carbonyl (C=O) groups excluding carboxylic acids is 1. The summed E-state index contributed by atoms with van der Waals surface area (Å²) in [5.74, 6) is -0.765. The molecule has 0 aliphatic heterocycles. The van der Waals surface area contributed by atoms with Crippen molar-refractivity contribution in [3.05, 3.63) is 53.3 Å². The number of nitriles is 1. The van der Waals surface area contributed by atoms with Gasteiger partial charge in [0, 0.05) is 25.6 Å². The first-order valence-corrected chi connectivity index (χ1v) is 16.0. The number of ether oxygens (including phenoxy) is 1. The topological polar surface area (TPSA) is 102 Å². The molecule has 0 amide bonds. The molecule has 0 radical (unpaired) electrons. The van der Waals surface area contributed by atoms with Crippen molar-refractivity contribution in [2.75, 3.05) is 12.9 Å². The average Bonchev–Trinajstić information content (AvgIpc) is 3.13. The Morgan fingerprint density at radius 2 is 1.94 bits per heavy atom. The molecular formula is C23H27N3O4SSi. The van der Waals surface area contributed by atoms with E-state index < -0.39 is 23.9 Å².